The molecule has 0 saturated carbocycles. The third-order valence-electron chi connectivity index (χ3n) is 3.03. The van der Waals surface area contributed by atoms with Gasteiger partial charge in [0.25, 0.3) is 0 Å². The Morgan fingerprint density at radius 2 is 2.19 bits per heavy atom. The van der Waals surface area contributed by atoms with Crippen LogP contribution in [0.15, 0.2) is 0 Å². The third-order valence-corrected chi connectivity index (χ3v) is 3.37. The second kappa shape index (κ2) is 4.26. The van der Waals surface area contributed by atoms with Gasteiger partial charge < -0.3 is 9.72 Å². The quantitative estimate of drug-likeness (QED) is 0.823. The lowest BCUT2D eigenvalue weighted by Crippen LogP contribution is -2.25. The monoisotopic (exact) mass is 238 g/mol. The molecule has 0 aliphatic heterocycles. The van der Waals surface area contributed by atoms with E-state index in [-0.39, 0.29) is 5.60 Å². The lowest BCUT2D eigenvalue weighted by Gasteiger charge is -2.24. The number of rotatable bonds is 3. The van der Waals surface area contributed by atoms with E-state index in [0.717, 1.165) is 23.3 Å². The summed E-state index contributed by atoms with van der Waals surface area (Å²) >= 11 is 5.33. The van der Waals surface area contributed by atoms with Gasteiger partial charge in [-0.1, -0.05) is 12.2 Å². The van der Waals surface area contributed by atoms with Crippen molar-refractivity contribution in [3.63, 3.8) is 0 Å². The molecular formula is C12H18N2OS. The van der Waals surface area contributed by atoms with Crippen LogP contribution in [-0.4, -0.2) is 16.6 Å². The van der Waals surface area contributed by atoms with Crippen LogP contribution in [0, 0.1) is 4.64 Å². The first-order valence-corrected chi connectivity index (χ1v) is 6.22. The van der Waals surface area contributed by atoms with Gasteiger partial charge in [0.1, 0.15) is 16.1 Å². The van der Waals surface area contributed by atoms with Crippen LogP contribution in [0.25, 0.3) is 0 Å². The van der Waals surface area contributed by atoms with Gasteiger partial charge in [-0.3, -0.25) is 0 Å². The summed E-state index contributed by atoms with van der Waals surface area (Å²) in [7, 11) is 0. The molecule has 16 heavy (non-hydrogen) atoms. The lowest BCUT2D eigenvalue weighted by molar-refractivity contribution is -0.0210. The van der Waals surface area contributed by atoms with E-state index in [1.54, 1.807) is 0 Å². The van der Waals surface area contributed by atoms with Crippen LogP contribution in [0.4, 0.5) is 0 Å². The largest absolute Gasteiger partial charge is 0.368 e. The molecule has 88 valence electrons. The van der Waals surface area contributed by atoms with Crippen molar-refractivity contribution in [3.8, 4) is 0 Å². The van der Waals surface area contributed by atoms with Crippen LogP contribution in [-0.2, 0) is 23.2 Å². The molecule has 2 rings (SSSR count). The molecule has 0 radical (unpaired) electrons. The van der Waals surface area contributed by atoms with E-state index in [0.29, 0.717) is 6.61 Å². The highest BCUT2D eigenvalue weighted by Crippen LogP contribution is 2.26. The summed E-state index contributed by atoms with van der Waals surface area (Å²) in [5.41, 5.74) is 2.09. The minimum atomic E-state index is -0.389. The number of ether oxygens (including phenoxy) is 1. The summed E-state index contributed by atoms with van der Waals surface area (Å²) in [5.74, 6) is 0.847. The molecule has 1 heterocycles. The van der Waals surface area contributed by atoms with Crippen molar-refractivity contribution in [2.24, 2.45) is 0 Å². The fraction of sp³-hybridized carbons (Fsp3) is 0.667. The summed E-state index contributed by atoms with van der Waals surface area (Å²) < 4.78 is 6.43. The molecule has 0 spiro atoms. The number of aryl methyl sites for hydroxylation is 1. The van der Waals surface area contributed by atoms with Crippen molar-refractivity contribution >= 4 is 12.2 Å². The maximum Gasteiger partial charge on any atom is 0.139 e. The summed E-state index contributed by atoms with van der Waals surface area (Å²) in [6, 6.07) is 0. The van der Waals surface area contributed by atoms with Crippen molar-refractivity contribution in [2.45, 2.75) is 45.6 Å². The van der Waals surface area contributed by atoms with Crippen LogP contribution in [0.2, 0.25) is 0 Å². The number of nitrogens with one attached hydrogen (secondary N) is 1. The molecule has 1 aromatic rings. The van der Waals surface area contributed by atoms with Gasteiger partial charge in [-0.15, -0.1) is 0 Å². The van der Waals surface area contributed by atoms with Crippen molar-refractivity contribution < 1.29 is 4.74 Å². The second-order valence-corrected chi connectivity index (χ2v) is 5.03. The Morgan fingerprint density at radius 1 is 1.44 bits per heavy atom. The van der Waals surface area contributed by atoms with Crippen LogP contribution in [0.5, 0.6) is 0 Å². The van der Waals surface area contributed by atoms with E-state index >= 15 is 0 Å². The number of H-pyrrole nitrogens is 1. The SMILES string of the molecule is CCOC(C)(C)c1nc(=S)c2c([nH]1)CCC2. The fourth-order valence-electron chi connectivity index (χ4n) is 2.17. The third kappa shape index (κ3) is 2.04. The standard InChI is InChI=1S/C12H18N2OS/c1-4-15-12(2,3)11-13-9-7-5-6-8(9)10(16)14-11/h4-7H2,1-3H3,(H,13,14,16). The lowest BCUT2D eigenvalue weighted by atomic mass is 10.1. The molecule has 0 atom stereocenters. The van der Waals surface area contributed by atoms with Crippen LogP contribution in [0.3, 0.4) is 0 Å². The zero-order valence-corrected chi connectivity index (χ0v) is 10.9. The highest BCUT2D eigenvalue weighted by atomic mass is 32.1. The highest BCUT2D eigenvalue weighted by molar-refractivity contribution is 7.71. The molecule has 0 aromatic carbocycles. The Labute approximate surface area is 101 Å². The van der Waals surface area contributed by atoms with E-state index in [4.69, 9.17) is 17.0 Å². The number of hydrogen-bond donors (Lipinski definition) is 1. The van der Waals surface area contributed by atoms with E-state index in [1.165, 1.54) is 17.7 Å². The Balaban J connectivity index is 2.44. The molecule has 0 saturated heterocycles. The predicted molar refractivity (Wildman–Crippen MR) is 66.1 cm³/mol. The van der Waals surface area contributed by atoms with Crippen molar-refractivity contribution in [1.82, 2.24) is 9.97 Å². The smallest absolute Gasteiger partial charge is 0.139 e. The number of nitrogens with zero attached hydrogens (tertiary/aromatic N) is 1. The Kier molecular flexibility index (Phi) is 3.13. The van der Waals surface area contributed by atoms with Crippen LogP contribution < -0.4 is 0 Å². The molecule has 1 N–H and O–H groups in total. The summed E-state index contributed by atoms with van der Waals surface area (Å²) in [6.45, 7) is 6.70. The Hall–Kier alpha value is -0.740. The van der Waals surface area contributed by atoms with Crippen molar-refractivity contribution in [3.05, 3.63) is 21.7 Å². The highest BCUT2D eigenvalue weighted by Gasteiger charge is 2.25. The first-order chi connectivity index (χ1) is 7.54. The second-order valence-electron chi connectivity index (χ2n) is 4.64. The zero-order valence-electron chi connectivity index (χ0n) is 10.1. The minimum absolute atomic E-state index is 0.389. The average Bonchev–Trinajstić information content (AvgIpc) is 2.65. The number of aromatic amines is 1. The summed E-state index contributed by atoms with van der Waals surface area (Å²) in [5, 5.41) is 0. The average molecular weight is 238 g/mol. The summed E-state index contributed by atoms with van der Waals surface area (Å²) in [6.07, 6.45) is 3.32. The molecule has 0 fully saturated rings. The van der Waals surface area contributed by atoms with Gasteiger partial charge in [-0.2, -0.15) is 0 Å². The Morgan fingerprint density at radius 3 is 2.88 bits per heavy atom. The van der Waals surface area contributed by atoms with Crippen molar-refractivity contribution in [1.29, 1.82) is 0 Å². The van der Waals surface area contributed by atoms with Gasteiger partial charge in [-0.05, 0) is 40.0 Å². The molecule has 1 aliphatic carbocycles. The Bertz CT molecular complexity index is 451. The van der Waals surface area contributed by atoms with Crippen LogP contribution in [0.1, 0.15) is 44.3 Å². The topological polar surface area (TPSA) is 37.9 Å². The predicted octanol–water partition coefficient (Wildman–Crippen LogP) is 2.90. The van der Waals surface area contributed by atoms with Gasteiger partial charge in [-0.25, -0.2) is 4.98 Å². The molecule has 3 nitrogen and oxygen atoms in total. The molecule has 0 unspecified atom stereocenters. The van der Waals surface area contributed by atoms with Crippen LogP contribution >= 0.6 is 12.2 Å². The van der Waals surface area contributed by atoms with Gasteiger partial charge in [0.05, 0.1) is 0 Å². The van der Waals surface area contributed by atoms with Gasteiger partial charge >= 0.3 is 0 Å². The maximum absolute atomic E-state index is 5.69. The molecule has 0 amide bonds. The maximum atomic E-state index is 5.69. The minimum Gasteiger partial charge on any atom is -0.368 e. The number of aromatic nitrogens is 2. The zero-order chi connectivity index (χ0) is 11.8. The molecule has 1 aliphatic rings. The first kappa shape index (κ1) is 11.7. The van der Waals surface area contributed by atoms with Crippen molar-refractivity contribution in [2.75, 3.05) is 6.61 Å². The van der Waals surface area contributed by atoms with E-state index in [1.807, 2.05) is 20.8 Å². The van der Waals surface area contributed by atoms with Gasteiger partial charge in [0, 0.05) is 17.9 Å². The molecule has 1 aromatic heterocycles. The molecule has 4 heteroatoms. The molecular weight excluding hydrogens is 220 g/mol. The number of hydrogen-bond acceptors (Lipinski definition) is 3. The van der Waals surface area contributed by atoms with E-state index in [9.17, 15) is 0 Å². The van der Waals surface area contributed by atoms with Gasteiger partial charge in [0.15, 0.2) is 0 Å². The van der Waals surface area contributed by atoms with E-state index in [2.05, 4.69) is 9.97 Å². The fourth-order valence-corrected chi connectivity index (χ4v) is 2.49. The van der Waals surface area contributed by atoms with Gasteiger partial charge in [0.2, 0.25) is 0 Å². The normalized spacial score (nSPS) is 15.2. The number of fused-ring (bicyclic) bond motifs is 1. The molecule has 0 bridgehead atoms. The first-order valence-electron chi connectivity index (χ1n) is 5.81. The summed E-state index contributed by atoms with van der Waals surface area (Å²) in [4.78, 5) is 7.86. The van der Waals surface area contributed by atoms with E-state index < -0.39 is 0 Å².